The Kier molecular flexibility index (Phi) is 6.58. The summed E-state index contributed by atoms with van der Waals surface area (Å²) in [6.07, 6.45) is 1.13. The minimum Gasteiger partial charge on any atom is -0.450 e. The van der Waals surface area contributed by atoms with E-state index in [1.807, 2.05) is 0 Å². The molecule has 1 saturated heterocycles. The van der Waals surface area contributed by atoms with Crippen LogP contribution in [0.5, 0.6) is 5.75 Å². The highest BCUT2D eigenvalue weighted by molar-refractivity contribution is 6.12. The molecule has 2 aliphatic heterocycles. The third kappa shape index (κ3) is 4.97. The van der Waals surface area contributed by atoms with Gasteiger partial charge in [0, 0.05) is 26.2 Å². The number of fused-ring (bicyclic) bond motifs is 1. The van der Waals surface area contributed by atoms with Crippen LogP contribution in [0.4, 0.5) is 14.9 Å². The first-order valence-corrected chi connectivity index (χ1v) is 10.7. The molecule has 2 aliphatic rings. The number of anilines is 1. The number of hydrogen-bond acceptors (Lipinski definition) is 5. The first kappa shape index (κ1) is 22.3. The van der Waals surface area contributed by atoms with Crippen molar-refractivity contribution in [3.63, 3.8) is 0 Å². The number of carbonyl (C=O) groups is 3. The number of rotatable bonds is 4. The van der Waals surface area contributed by atoms with Crippen LogP contribution in [0.1, 0.15) is 12.5 Å². The van der Waals surface area contributed by atoms with E-state index in [9.17, 15) is 18.8 Å². The van der Waals surface area contributed by atoms with E-state index in [4.69, 9.17) is 9.47 Å². The van der Waals surface area contributed by atoms with Crippen molar-refractivity contribution >= 4 is 29.7 Å². The van der Waals surface area contributed by atoms with Crippen molar-refractivity contribution in [3.05, 3.63) is 65.7 Å². The van der Waals surface area contributed by atoms with Crippen molar-refractivity contribution in [2.45, 2.75) is 6.92 Å². The molecular formula is C24H24FN3O5. The monoisotopic (exact) mass is 453 g/mol. The second-order valence-electron chi connectivity index (χ2n) is 7.59. The molecule has 33 heavy (non-hydrogen) atoms. The number of amides is 3. The molecule has 2 heterocycles. The van der Waals surface area contributed by atoms with E-state index in [1.165, 1.54) is 35.2 Å². The summed E-state index contributed by atoms with van der Waals surface area (Å²) in [5.74, 6) is -0.583. The minimum atomic E-state index is -0.462. The maximum atomic E-state index is 13.2. The Labute approximate surface area is 190 Å². The molecule has 4 rings (SSSR count). The summed E-state index contributed by atoms with van der Waals surface area (Å²) in [6, 6.07) is 12.6. The number of hydrogen-bond donors (Lipinski definition) is 0. The molecule has 0 saturated carbocycles. The van der Waals surface area contributed by atoms with Crippen LogP contribution in [-0.4, -0.2) is 67.0 Å². The smallest absolute Gasteiger partial charge is 0.409 e. The Morgan fingerprint density at radius 2 is 1.70 bits per heavy atom. The summed E-state index contributed by atoms with van der Waals surface area (Å²) in [4.78, 5) is 42.7. The highest BCUT2D eigenvalue weighted by Crippen LogP contribution is 2.35. The molecule has 0 N–H and O–H groups in total. The Bertz CT molecular complexity index is 1080. The van der Waals surface area contributed by atoms with Crippen LogP contribution in [-0.2, 0) is 14.3 Å². The molecule has 3 amide bonds. The zero-order valence-electron chi connectivity index (χ0n) is 18.2. The largest absolute Gasteiger partial charge is 0.450 e. The van der Waals surface area contributed by atoms with Gasteiger partial charge >= 0.3 is 6.09 Å². The average Bonchev–Trinajstić information content (AvgIpc) is 2.83. The Balaban J connectivity index is 1.50. The second kappa shape index (κ2) is 9.72. The number of benzene rings is 2. The van der Waals surface area contributed by atoms with Gasteiger partial charge in [-0.15, -0.1) is 0 Å². The Hall–Kier alpha value is -3.88. The first-order chi connectivity index (χ1) is 16.0. The number of carbonyl (C=O) groups excluding carboxylic acids is 3. The number of halogens is 1. The van der Waals surface area contributed by atoms with E-state index in [-0.39, 0.29) is 24.0 Å². The lowest BCUT2D eigenvalue weighted by atomic mass is 10.1. The van der Waals surface area contributed by atoms with Crippen LogP contribution >= 0.6 is 0 Å². The van der Waals surface area contributed by atoms with E-state index < -0.39 is 12.0 Å². The van der Waals surface area contributed by atoms with Crippen molar-refractivity contribution in [1.82, 2.24) is 9.80 Å². The minimum absolute atomic E-state index is 0.0419. The van der Waals surface area contributed by atoms with Gasteiger partial charge in [0.25, 0.3) is 5.91 Å². The van der Waals surface area contributed by atoms with Gasteiger partial charge in [0.2, 0.25) is 5.91 Å². The van der Waals surface area contributed by atoms with Gasteiger partial charge in [-0.05, 0) is 42.8 Å². The third-order valence-electron chi connectivity index (χ3n) is 5.45. The molecule has 8 nitrogen and oxygen atoms in total. The third-order valence-corrected chi connectivity index (χ3v) is 5.45. The molecule has 2 aromatic carbocycles. The highest BCUT2D eigenvalue weighted by atomic mass is 19.1. The molecule has 1 fully saturated rings. The van der Waals surface area contributed by atoms with E-state index in [2.05, 4.69) is 0 Å². The molecule has 9 heteroatoms. The topological polar surface area (TPSA) is 79.4 Å². The summed E-state index contributed by atoms with van der Waals surface area (Å²) in [7, 11) is 0. The standard InChI is InChI=1S/C24H24FN3O5/c1-2-32-24(31)27-13-11-26(12-14-27)22(29)16-28-19-5-3-4-6-20(19)33-21(23(28)30)15-17-7-9-18(25)10-8-17/h3-10,15H,2,11-14,16H2,1H3/b21-15+. The Morgan fingerprint density at radius 3 is 2.39 bits per heavy atom. The van der Waals surface area contributed by atoms with Crippen molar-refractivity contribution in [2.75, 3.05) is 44.2 Å². The lowest BCUT2D eigenvalue weighted by Gasteiger charge is -2.36. The lowest BCUT2D eigenvalue weighted by Crippen LogP contribution is -2.53. The highest BCUT2D eigenvalue weighted by Gasteiger charge is 2.33. The molecule has 0 unspecified atom stereocenters. The SMILES string of the molecule is CCOC(=O)N1CCN(C(=O)CN2C(=O)/C(=C\c3ccc(F)cc3)Oc3ccccc32)CC1. The van der Waals surface area contributed by atoms with E-state index >= 15 is 0 Å². The number of nitrogens with zero attached hydrogens (tertiary/aromatic N) is 3. The maximum Gasteiger partial charge on any atom is 0.409 e. The number of ether oxygens (including phenoxy) is 2. The van der Waals surface area contributed by atoms with E-state index in [1.54, 1.807) is 41.0 Å². The molecule has 2 aromatic rings. The van der Waals surface area contributed by atoms with Gasteiger partial charge in [-0.25, -0.2) is 9.18 Å². The van der Waals surface area contributed by atoms with Crippen LogP contribution in [0.2, 0.25) is 0 Å². The van der Waals surface area contributed by atoms with E-state index in [0.717, 1.165) is 0 Å². The zero-order valence-corrected chi connectivity index (χ0v) is 18.2. The van der Waals surface area contributed by atoms with Gasteiger partial charge in [-0.1, -0.05) is 24.3 Å². The molecular weight excluding hydrogens is 429 g/mol. The fourth-order valence-electron chi connectivity index (χ4n) is 3.72. The Morgan fingerprint density at radius 1 is 1.03 bits per heavy atom. The second-order valence-corrected chi connectivity index (χ2v) is 7.59. The zero-order chi connectivity index (χ0) is 23.4. The average molecular weight is 453 g/mol. The van der Waals surface area contributed by atoms with Crippen LogP contribution in [0.15, 0.2) is 54.3 Å². The van der Waals surface area contributed by atoms with E-state index in [0.29, 0.717) is 49.8 Å². The van der Waals surface area contributed by atoms with Crippen LogP contribution < -0.4 is 9.64 Å². The molecule has 172 valence electrons. The van der Waals surface area contributed by atoms with Crippen LogP contribution in [0, 0.1) is 5.82 Å². The predicted octanol–water partition coefficient (Wildman–Crippen LogP) is 2.89. The quantitative estimate of drug-likeness (QED) is 0.666. The van der Waals surface area contributed by atoms with Crippen molar-refractivity contribution < 1.29 is 28.2 Å². The van der Waals surface area contributed by atoms with Crippen molar-refractivity contribution in [3.8, 4) is 5.75 Å². The summed E-state index contributed by atoms with van der Waals surface area (Å²) >= 11 is 0. The summed E-state index contributed by atoms with van der Waals surface area (Å²) in [6.45, 7) is 3.32. The van der Waals surface area contributed by atoms with Gasteiger partial charge in [0.05, 0.1) is 12.3 Å². The molecule has 0 radical (unpaired) electrons. The van der Waals surface area contributed by atoms with Crippen LogP contribution in [0.3, 0.4) is 0 Å². The van der Waals surface area contributed by atoms with Crippen LogP contribution in [0.25, 0.3) is 6.08 Å². The first-order valence-electron chi connectivity index (χ1n) is 10.7. The van der Waals surface area contributed by atoms with Gasteiger partial charge in [0.1, 0.15) is 12.4 Å². The molecule has 0 atom stereocenters. The maximum absolute atomic E-state index is 13.2. The molecule has 0 bridgehead atoms. The molecule has 0 aliphatic carbocycles. The molecule has 0 aromatic heterocycles. The van der Waals surface area contributed by atoms with Gasteiger partial charge < -0.3 is 19.3 Å². The van der Waals surface area contributed by atoms with Crippen molar-refractivity contribution in [2.24, 2.45) is 0 Å². The normalized spacial score (nSPS) is 17.0. The van der Waals surface area contributed by atoms with Crippen molar-refractivity contribution in [1.29, 1.82) is 0 Å². The van der Waals surface area contributed by atoms with Gasteiger partial charge in [-0.2, -0.15) is 0 Å². The lowest BCUT2D eigenvalue weighted by molar-refractivity contribution is -0.132. The summed E-state index contributed by atoms with van der Waals surface area (Å²) < 4.78 is 24.0. The number of piperazine rings is 1. The summed E-state index contributed by atoms with van der Waals surface area (Å²) in [5.41, 5.74) is 1.10. The molecule has 0 spiro atoms. The van der Waals surface area contributed by atoms with Gasteiger partial charge in [-0.3, -0.25) is 14.5 Å². The summed E-state index contributed by atoms with van der Waals surface area (Å²) in [5, 5.41) is 0. The fraction of sp³-hybridized carbons (Fsp3) is 0.292. The number of para-hydroxylation sites is 2. The predicted molar refractivity (Wildman–Crippen MR) is 119 cm³/mol. The fourth-order valence-corrected chi connectivity index (χ4v) is 3.72. The van der Waals surface area contributed by atoms with Gasteiger partial charge in [0.15, 0.2) is 11.5 Å².